The van der Waals surface area contributed by atoms with Crippen molar-refractivity contribution in [2.75, 3.05) is 13.1 Å². The van der Waals surface area contributed by atoms with E-state index in [1.54, 1.807) is 0 Å². The van der Waals surface area contributed by atoms with Crippen LogP contribution in [0.3, 0.4) is 0 Å². The number of carbonyl (C=O) groups excluding carboxylic acids is 1. The summed E-state index contributed by atoms with van der Waals surface area (Å²) in [5.41, 5.74) is -0.433. The minimum Gasteiger partial charge on any atom is -0.444 e. The first-order valence-corrected chi connectivity index (χ1v) is 7.93. The van der Waals surface area contributed by atoms with Gasteiger partial charge in [0.25, 0.3) is 0 Å². The van der Waals surface area contributed by atoms with E-state index in [1.165, 1.54) is 12.8 Å². The molecule has 1 aliphatic carbocycles. The topological polar surface area (TPSA) is 50.4 Å². The molecule has 3 atom stereocenters. The van der Waals surface area contributed by atoms with Crippen molar-refractivity contribution in [1.82, 2.24) is 10.6 Å². The monoisotopic (exact) mass is 284 g/mol. The second kappa shape index (κ2) is 7.30. The molecule has 20 heavy (non-hydrogen) atoms. The van der Waals surface area contributed by atoms with E-state index in [9.17, 15) is 4.79 Å². The smallest absolute Gasteiger partial charge is 0.407 e. The molecule has 4 heteroatoms. The molecule has 1 amide bonds. The Morgan fingerprint density at radius 1 is 1.30 bits per heavy atom. The van der Waals surface area contributed by atoms with E-state index in [0.717, 1.165) is 12.5 Å². The van der Waals surface area contributed by atoms with E-state index in [1.807, 2.05) is 20.8 Å². The molecular weight excluding hydrogens is 252 g/mol. The zero-order valence-electron chi connectivity index (χ0n) is 14.0. The van der Waals surface area contributed by atoms with E-state index in [2.05, 4.69) is 31.4 Å². The van der Waals surface area contributed by atoms with Gasteiger partial charge in [-0.1, -0.05) is 27.2 Å². The van der Waals surface area contributed by atoms with Crippen molar-refractivity contribution in [3.63, 3.8) is 0 Å². The molecule has 0 spiro atoms. The summed E-state index contributed by atoms with van der Waals surface area (Å²) in [6.07, 6.45) is 2.25. The lowest BCUT2D eigenvalue weighted by Crippen LogP contribution is -2.40. The average Bonchev–Trinajstić information content (AvgIpc) is 3.04. The largest absolute Gasteiger partial charge is 0.444 e. The van der Waals surface area contributed by atoms with Crippen molar-refractivity contribution in [2.45, 2.75) is 66.0 Å². The highest BCUT2D eigenvalue weighted by molar-refractivity contribution is 5.67. The standard InChI is InChI=1S/C16H32N2O2/c1-7-12-8-14(12)17-9-13(11(2)3)10-18-15(19)20-16(4,5)6/h11-14,17H,7-10H2,1-6H3,(H,18,19). The SMILES string of the molecule is CCC1CC1NCC(CNC(=O)OC(C)(C)C)C(C)C. The van der Waals surface area contributed by atoms with Crippen LogP contribution < -0.4 is 10.6 Å². The quantitative estimate of drug-likeness (QED) is 0.755. The van der Waals surface area contributed by atoms with Crippen molar-refractivity contribution in [3.05, 3.63) is 0 Å². The van der Waals surface area contributed by atoms with Crippen LogP contribution in [0.15, 0.2) is 0 Å². The van der Waals surface area contributed by atoms with Crippen LogP contribution in [0, 0.1) is 17.8 Å². The minimum atomic E-state index is -0.433. The Kier molecular flexibility index (Phi) is 6.31. The van der Waals surface area contributed by atoms with Crippen LogP contribution >= 0.6 is 0 Å². The van der Waals surface area contributed by atoms with Crippen molar-refractivity contribution < 1.29 is 9.53 Å². The summed E-state index contributed by atoms with van der Waals surface area (Å²) >= 11 is 0. The molecule has 118 valence electrons. The first-order chi connectivity index (χ1) is 9.23. The fraction of sp³-hybridized carbons (Fsp3) is 0.938. The normalized spacial score (nSPS) is 23.6. The summed E-state index contributed by atoms with van der Waals surface area (Å²) in [6, 6.07) is 0.697. The van der Waals surface area contributed by atoms with E-state index >= 15 is 0 Å². The van der Waals surface area contributed by atoms with Crippen LogP contribution in [-0.2, 0) is 4.74 Å². The molecule has 4 nitrogen and oxygen atoms in total. The van der Waals surface area contributed by atoms with Crippen molar-refractivity contribution in [1.29, 1.82) is 0 Å². The van der Waals surface area contributed by atoms with Gasteiger partial charge in [0, 0.05) is 19.1 Å². The third-order valence-electron chi connectivity index (χ3n) is 3.94. The van der Waals surface area contributed by atoms with Gasteiger partial charge in [0.1, 0.15) is 5.60 Å². The van der Waals surface area contributed by atoms with Gasteiger partial charge in [-0.05, 0) is 44.9 Å². The Morgan fingerprint density at radius 3 is 2.40 bits per heavy atom. The molecule has 2 N–H and O–H groups in total. The summed E-state index contributed by atoms with van der Waals surface area (Å²) in [5.74, 6) is 1.85. The minimum absolute atomic E-state index is 0.319. The van der Waals surface area contributed by atoms with Gasteiger partial charge in [-0.25, -0.2) is 4.79 Å². The third kappa shape index (κ3) is 6.60. The molecule has 0 heterocycles. The molecular formula is C16H32N2O2. The summed E-state index contributed by atoms with van der Waals surface area (Å²) in [6.45, 7) is 13.9. The number of alkyl carbamates (subject to hydrolysis) is 1. The summed E-state index contributed by atoms with van der Waals surface area (Å²) in [7, 11) is 0. The molecule has 1 aliphatic rings. The Labute approximate surface area is 124 Å². The number of rotatable bonds is 7. The number of nitrogens with one attached hydrogen (secondary N) is 2. The van der Waals surface area contributed by atoms with Gasteiger partial charge in [0.15, 0.2) is 0 Å². The number of ether oxygens (including phenoxy) is 1. The zero-order chi connectivity index (χ0) is 15.3. The fourth-order valence-corrected chi connectivity index (χ4v) is 2.32. The van der Waals surface area contributed by atoms with E-state index in [4.69, 9.17) is 4.74 Å². The first kappa shape index (κ1) is 17.3. The Morgan fingerprint density at radius 2 is 1.95 bits per heavy atom. The molecule has 1 rings (SSSR count). The molecule has 1 saturated carbocycles. The number of carbonyl (C=O) groups is 1. The molecule has 0 radical (unpaired) electrons. The van der Waals surface area contributed by atoms with Crippen LogP contribution in [0.1, 0.15) is 54.4 Å². The van der Waals surface area contributed by atoms with Crippen LogP contribution in [0.2, 0.25) is 0 Å². The van der Waals surface area contributed by atoms with Crippen molar-refractivity contribution >= 4 is 6.09 Å². The highest BCUT2D eigenvalue weighted by Crippen LogP contribution is 2.33. The molecule has 0 aromatic carbocycles. The lowest BCUT2D eigenvalue weighted by Gasteiger charge is -2.24. The third-order valence-corrected chi connectivity index (χ3v) is 3.94. The molecule has 1 fully saturated rings. The van der Waals surface area contributed by atoms with Crippen LogP contribution in [0.25, 0.3) is 0 Å². The lowest BCUT2D eigenvalue weighted by atomic mass is 9.95. The summed E-state index contributed by atoms with van der Waals surface area (Å²) < 4.78 is 5.27. The molecule has 0 aromatic heterocycles. The second-order valence-electron chi connectivity index (χ2n) is 7.31. The van der Waals surface area contributed by atoms with Gasteiger partial charge >= 0.3 is 6.09 Å². The number of amides is 1. The summed E-state index contributed by atoms with van der Waals surface area (Å²) in [4.78, 5) is 11.7. The Balaban J connectivity index is 2.27. The van der Waals surface area contributed by atoms with Crippen molar-refractivity contribution in [2.24, 2.45) is 17.8 Å². The molecule has 0 bridgehead atoms. The molecule has 3 unspecified atom stereocenters. The lowest BCUT2D eigenvalue weighted by molar-refractivity contribution is 0.0515. The predicted molar refractivity (Wildman–Crippen MR) is 82.8 cm³/mol. The van der Waals surface area contributed by atoms with Gasteiger partial charge in [0.2, 0.25) is 0 Å². The maximum Gasteiger partial charge on any atom is 0.407 e. The Hall–Kier alpha value is -0.770. The maximum absolute atomic E-state index is 11.7. The van der Waals surface area contributed by atoms with E-state index in [-0.39, 0.29) is 6.09 Å². The molecule has 0 saturated heterocycles. The zero-order valence-corrected chi connectivity index (χ0v) is 14.0. The summed E-state index contributed by atoms with van der Waals surface area (Å²) in [5, 5.41) is 6.51. The van der Waals surface area contributed by atoms with Crippen LogP contribution in [-0.4, -0.2) is 30.8 Å². The van der Waals surface area contributed by atoms with Gasteiger partial charge in [-0.15, -0.1) is 0 Å². The fourth-order valence-electron chi connectivity index (χ4n) is 2.32. The van der Waals surface area contributed by atoms with Gasteiger partial charge in [-0.2, -0.15) is 0 Å². The number of hydrogen-bond acceptors (Lipinski definition) is 3. The van der Waals surface area contributed by atoms with Crippen LogP contribution in [0.5, 0.6) is 0 Å². The van der Waals surface area contributed by atoms with Gasteiger partial charge in [0.05, 0.1) is 0 Å². The van der Waals surface area contributed by atoms with Crippen LogP contribution in [0.4, 0.5) is 4.79 Å². The Bertz CT molecular complexity index is 310. The van der Waals surface area contributed by atoms with Gasteiger partial charge < -0.3 is 15.4 Å². The highest BCUT2D eigenvalue weighted by Gasteiger charge is 2.35. The van der Waals surface area contributed by atoms with Gasteiger partial charge in [-0.3, -0.25) is 0 Å². The predicted octanol–water partition coefficient (Wildman–Crippen LogP) is 3.17. The van der Waals surface area contributed by atoms with E-state index in [0.29, 0.717) is 24.4 Å². The average molecular weight is 284 g/mol. The molecule has 0 aliphatic heterocycles. The van der Waals surface area contributed by atoms with Crippen molar-refractivity contribution in [3.8, 4) is 0 Å². The molecule has 0 aromatic rings. The first-order valence-electron chi connectivity index (χ1n) is 7.93. The number of hydrogen-bond donors (Lipinski definition) is 2. The maximum atomic E-state index is 11.7. The second-order valence-corrected chi connectivity index (χ2v) is 7.31. The highest BCUT2D eigenvalue weighted by atomic mass is 16.6. The van der Waals surface area contributed by atoms with E-state index < -0.39 is 5.60 Å².